The first kappa shape index (κ1) is 14.9. The van der Waals surface area contributed by atoms with Crippen molar-refractivity contribution in [2.75, 3.05) is 14.2 Å². The molecular weight excluding hydrogens is 272 g/mol. The quantitative estimate of drug-likeness (QED) is 0.791. The highest BCUT2D eigenvalue weighted by Gasteiger charge is 2.18. The van der Waals surface area contributed by atoms with Crippen molar-refractivity contribution in [3.05, 3.63) is 59.7 Å². The van der Waals surface area contributed by atoms with E-state index in [2.05, 4.69) is 0 Å². The van der Waals surface area contributed by atoms with E-state index in [0.717, 1.165) is 16.0 Å². The molecule has 0 amide bonds. The van der Waals surface area contributed by atoms with E-state index in [-0.39, 0.29) is 0 Å². The van der Waals surface area contributed by atoms with Crippen molar-refractivity contribution in [1.82, 2.24) is 0 Å². The predicted octanol–water partition coefficient (Wildman–Crippen LogP) is 3.45. The van der Waals surface area contributed by atoms with Gasteiger partial charge in [-0.2, -0.15) is 0 Å². The highest BCUT2D eigenvalue weighted by Crippen LogP contribution is 2.27. The van der Waals surface area contributed by atoms with E-state index in [0.29, 0.717) is 4.90 Å². The maximum absolute atomic E-state index is 12.7. The lowest BCUT2D eigenvalue weighted by molar-refractivity contribution is -0.107. The van der Waals surface area contributed by atoms with Crippen LogP contribution in [0.2, 0.25) is 0 Å². The molecule has 20 heavy (non-hydrogen) atoms. The van der Waals surface area contributed by atoms with E-state index in [1.807, 2.05) is 55.5 Å². The number of aryl methyl sites for hydroxylation is 1. The Balaban J connectivity index is 2.42. The van der Waals surface area contributed by atoms with Crippen molar-refractivity contribution >= 4 is 10.8 Å². The zero-order chi connectivity index (χ0) is 14.5. The first-order valence-corrected chi connectivity index (χ1v) is 7.45. The summed E-state index contributed by atoms with van der Waals surface area (Å²) < 4.78 is 23.3. The lowest BCUT2D eigenvalue weighted by atomic mass is 10.2. The second kappa shape index (κ2) is 6.79. The van der Waals surface area contributed by atoms with Gasteiger partial charge in [0.25, 0.3) is 0 Å². The van der Waals surface area contributed by atoms with Gasteiger partial charge >= 0.3 is 0 Å². The van der Waals surface area contributed by atoms with Gasteiger partial charge < -0.3 is 9.47 Å². The zero-order valence-electron chi connectivity index (χ0n) is 11.8. The molecule has 0 saturated heterocycles. The molecule has 0 aliphatic carbocycles. The van der Waals surface area contributed by atoms with E-state index >= 15 is 0 Å². The molecule has 3 nitrogen and oxygen atoms in total. The minimum absolute atomic E-state index is 0.513. The van der Waals surface area contributed by atoms with Crippen molar-refractivity contribution in [2.24, 2.45) is 0 Å². The summed E-state index contributed by atoms with van der Waals surface area (Å²) in [5.41, 5.74) is 1.93. The van der Waals surface area contributed by atoms with Crippen LogP contribution in [0.1, 0.15) is 17.4 Å². The smallest absolute Gasteiger partial charge is 0.184 e. The molecule has 0 heterocycles. The van der Waals surface area contributed by atoms with Gasteiger partial charge in [0.2, 0.25) is 0 Å². The SMILES string of the molecule is COC(OC)c1ccccc1[S@@](=O)c1ccc(C)cc1. The van der Waals surface area contributed by atoms with Crippen LogP contribution in [-0.4, -0.2) is 18.4 Å². The summed E-state index contributed by atoms with van der Waals surface area (Å²) in [5.74, 6) is 0. The van der Waals surface area contributed by atoms with Crippen LogP contribution in [-0.2, 0) is 20.3 Å². The summed E-state index contributed by atoms with van der Waals surface area (Å²) in [4.78, 5) is 1.49. The summed E-state index contributed by atoms with van der Waals surface area (Å²) in [6.07, 6.45) is -0.513. The van der Waals surface area contributed by atoms with E-state index in [9.17, 15) is 4.21 Å². The second-order valence-electron chi connectivity index (χ2n) is 4.42. The van der Waals surface area contributed by atoms with Crippen LogP contribution in [0.25, 0.3) is 0 Å². The number of hydrogen-bond donors (Lipinski definition) is 0. The summed E-state index contributed by atoms with van der Waals surface area (Å²) >= 11 is 0. The molecule has 0 radical (unpaired) electrons. The first-order chi connectivity index (χ1) is 9.67. The topological polar surface area (TPSA) is 35.5 Å². The molecule has 2 aromatic rings. The van der Waals surface area contributed by atoms with Gasteiger partial charge in [-0.05, 0) is 25.1 Å². The maximum Gasteiger partial charge on any atom is 0.184 e. The van der Waals surface area contributed by atoms with Crippen LogP contribution in [0.15, 0.2) is 58.3 Å². The van der Waals surface area contributed by atoms with Crippen LogP contribution in [0.5, 0.6) is 0 Å². The molecule has 0 aliphatic heterocycles. The minimum Gasteiger partial charge on any atom is -0.352 e. The average molecular weight is 290 g/mol. The number of hydrogen-bond acceptors (Lipinski definition) is 3. The third-order valence-corrected chi connectivity index (χ3v) is 4.51. The third kappa shape index (κ3) is 3.15. The predicted molar refractivity (Wildman–Crippen MR) is 79.1 cm³/mol. The van der Waals surface area contributed by atoms with Crippen molar-refractivity contribution in [3.8, 4) is 0 Å². The largest absolute Gasteiger partial charge is 0.352 e. The lowest BCUT2D eigenvalue weighted by Gasteiger charge is -2.17. The average Bonchev–Trinajstić information content (AvgIpc) is 2.49. The van der Waals surface area contributed by atoms with Gasteiger partial charge in [0.15, 0.2) is 6.29 Å². The van der Waals surface area contributed by atoms with Crippen LogP contribution in [0.4, 0.5) is 0 Å². The molecule has 0 fully saturated rings. The number of benzene rings is 2. The Morgan fingerprint density at radius 3 is 2.15 bits per heavy atom. The fourth-order valence-electron chi connectivity index (χ4n) is 1.98. The van der Waals surface area contributed by atoms with Crippen LogP contribution >= 0.6 is 0 Å². The first-order valence-electron chi connectivity index (χ1n) is 6.30. The summed E-state index contributed by atoms with van der Waals surface area (Å²) in [6.45, 7) is 2.01. The maximum atomic E-state index is 12.7. The molecule has 0 unspecified atom stereocenters. The fraction of sp³-hybridized carbons (Fsp3) is 0.250. The summed E-state index contributed by atoms with van der Waals surface area (Å²) in [5, 5.41) is 0. The number of ether oxygens (including phenoxy) is 2. The Bertz CT molecular complexity index is 589. The second-order valence-corrected chi connectivity index (χ2v) is 5.87. The Kier molecular flexibility index (Phi) is 5.06. The monoisotopic (exact) mass is 290 g/mol. The van der Waals surface area contributed by atoms with Gasteiger partial charge in [-0.15, -0.1) is 0 Å². The molecule has 2 rings (SSSR count). The Hall–Kier alpha value is -1.49. The Morgan fingerprint density at radius 2 is 1.55 bits per heavy atom. The number of methoxy groups -OCH3 is 2. The zero-order valence-corrected chi connectivity index (χ0v) is 12.6. The Morgan fingerprint density at radius 1 is 0.950 bits per heavy atom. The van der Waals surface area contributed by atoms with Crippen molar-refractivity contribution < 1.29 is 13.7 Å². The molecule has 106 valence electrons. The lowest BCUT2D eigenvalue weighted by Crippen LogP contribution is -2.08. The fourth-order valence-corrected chi connectivity index (χ4v) is 3.20. The van der Waals surface area contributed by atoms with E-state index in [1.165, 1.54) is 0 Å². The molecule has 4 heteroatoms. The molecule has 0 spiro atoms. The molecular formula is C16H18O3S. The molecule has 0 aromatic heterocycles. The van der Waals surface area contributed by atoms with E-state index in [1.54, 1.807) is 14.2 Å². The molecule has 0 N–H and O–H groups in total. The normalized spacial score (nSPS) is 12.6. The summed E-state index contributed by atoms with van der Waals surface area (Å²) in [7, 11) is 1.89. The molecule has 2 aromatic carbocycles. The third-order valence-electron chi connectivity index (χ3n) is 3.04. The van der Waals surface area contributed by atoms with Gasteiger partial charge in [-0.1, -0.05) is 35.9 Å². The highest BCUT2D eigenvalue weighted by molar-refractivity contribution is 7.85. The van der Waals surface area contributed by atoms with Gasteiger partial charge in [0.05, 0.1) is 15.7 Å². The van der Waals surface area contributed by atoms with Gasteiger partial charge in [0, 0.05) is 24.7 Å². The van der Waals surface area contributed by atoms with Gasteiger partial charge in [-0.25, -0.2) is 4.21 Å². The number of rotatable bonds is 5. The molecule has 1 atom stereocenters. The Labute approximate surface area is 122 Å². The molecule has 0 bridgehead atoms. The van der Waals surface area contributed by atoms with Crippen molar-refractivity contribution in [2.45, 2.75) is 23.0 Å². The van der Waals surface area contributed by atoms with Gasteiger partial charge in [0.1, 0.15) is 0 Å². The molecule has 0 saturated carbocycles. The van der Waals surface area contributed by atoms with Crippen LogP contribution in [0.3, 0.4) is 0 Å². The van der Waals surface area contributed by atoms with Crippen LogP contribution < -0.4 is 0 Å². The standard InChI is InChI=1S/C16H18O3S/c1-12-8-10-13(11-9-12)20(17)15-7-5-4-6-14(15)16(18-2)19-3/h4-11,16H,1-3H3/t20-/m0/s1. The van der Waals surface area contributed by atoms with Crippen molar-refractivity contribution in [1.29, 1.82) is 0 Å². The summed E-state index contributed by atoms with van der Waals surface area (Å²) in [6, 6.07) is 15.2. The van der Waals surface area contributed by atoms with Gasteiger partial charge in [-0.3, -0.25) is 0 Å². The highest BCUT2D eigenvalue weighted by atomic mass is 32.2. The molecule has 0 aliphatic rings. The van der Waals surface area contributed by atoms with Crippen molar-refractivity contribution in [3.63, 3.8) is 0 Å². The van der Waals surface area contributed by atoms with E-state index < -0.39 is 17.1 Å². The minimum atomic E-state index is -1.25. The van der Waals surface area contributed by atoms with E-state index in [4.69, 9.17) is 9.47 Å². The van der Waals surface area contributed by atoms with Crippen LogP contribution in [0, 0.1) is 6.92 Å².